The van der Waals surface area contributed by atoms with Crippen molar-refractivity contribution in [1.29, 1.82) is 0 Å². The third kappa shape index (κ3) is 3.44. The predicted molar refractivity (Wildman–Crippen MR) is 68.6 cm³/mol. The molecule has 7 nitrogen and oxygen atoms in total. The van der Waals surface area contributed by atoms with Crippen LogP contribution in [-0.2, 0) is 4.79 Å². The Labute approximate surface area is 115 Å². The van der Waals surface area contributed by atoms with Crippen LogP contribution in [0.5, 0.6) is 6.01 Å². The molecule has 1 unspecified atom stereocenters. The van der Waals surface area contributed by atoms with Crippen molar-refractivity contribution in [3.05, 3.63) is 5.28 Å². The SMILES string of the molecule is COc1nc(Cl)nc(N2CCCCC2CC(=O)O)n1. The summed E-state index contributed by atoms with van der Waals surface area (Å²) in [6, 6.07) is 0.0177. The van der Waals surface area contributed by atoms with Crippen molar-refractivity contribution in [3.8, 4) is 6.01 Å². The minimum atomic E-state index is -0.830. The highest BCUT2D eigenvalue weighted by molar-refractivity contribution is 6.28. The van der Waals surface area contributed by atoms with Gasteiger partial charge in [0.05, 0.1) is 13.5 Å². The van der Waals surface area contributed by atoms with Crippen LogP contribution in [0.2, 0.25) is 5.28 Å². The third-order valence-electron chi connectivity index (χ3n) is 3.05. The Morgan fingerprint density at radius 3 is 2.95 bits per heavy atom. The van der Waals surface area contributed by atoms with Gasteiger partial charge in [-0.3, -0.25) is 4.79 Å². The third-order valence-corrected chi connectivity index (χ3v) is 3.22. The molecule has 2 rings (SSSR count). The highest BCUT2D eigenvalue weighted by atomic mass is 35.5. The normalized spacial score (nSPS) is 19.3. The number of methoxy groups -OCH3 is 1. The highest BCUT2D eigenvalue weighted by Gasteiger charge is 2.27. The molecule has 0 bridgehead atoms. The molecule has 0 spiro atoms. The zero-order valence-electron chi connectivity index (χ0n) is 10.5. The van der Waals surface area contributed by atoms with E-state index in [1.807, 2.05) is 4.90 Å². The molecule has 104 valence electrons. The first-order valence-corrected chi connectivity index (χ1v) is 6.42. The number of carbonyl (C=O) groups is 1. The lowest BCUT2D eigenvalue weighted by Crippen LogP contribution is -2.42. The molecule has 2 heterocycles. The fraction of sp³-hybridized carbons (Fsp3) is 0.636. The zero-order valence-corrected chi connectivity index (χ0v) is 11.3. The smallest absolute Gasteiger partial charge is 0.322 e. The van der Waals surface area contributed by atoms with Gasteiger partial charge in [0.2, 0.25) is 11.2 Å². The van der Waals surface area contributed by atoms with E-state index in [4.69, 9.17) is 21.4 Å². The summed E-state index contributed by atoms with van der Waals surface area (Å²) in [6.45, 7) is 0.710. The van der Waals surface area contributed by atoms with Crippen LogP contribution in [0.3, 0.4) is 0 Å². The standard InChI is InChI=1S/C11H15ClN4O3/c1-19-11-14-9(12)13-10(15-11)16-5-3-2-4-7(16)6-8(17)18/h7H,2-6H2,1H3,(H,17,18). The second kappa shape index (κ2) is 6.01. The monoisotopic (exact) mass is 286 g/mol. The molecule has 1 aliphatic heterocycles. The molecular weight excluding hydrogens is 272 g/mol. The first kappa shape index (κ1) is 13.8. The molecule has 1 N–H and O–H groups in total. The highest BCUT2D eigenvalue weighted by Crippen LogP contribution is 2.25. The van der Waals surface area contributed by atoms with Crippen molar-refractivity contribution in [2.75, 3.05) is 18.6 Å². The van der Waals surface area contributed by atoms with Gasteiger partial charge in [-0.1, -0.05) is 0 Å². The average Bonchev–Trinajstić information content (AvgIpc) is 2.38. The van der Waals surface area contributed by atoms with Gasteiger partial charge in [-0.2, -0.15) is 15.0 Å². The van der Waals surface area contributed by atoms with E-state index in [2.05, 4.69) is 15.0 Å². The maximum Gasteiger partial charge on any atom is 0.322 e. The fourth-order valence-corrected chi connectivity index (χ4v) is 2.37. The number of ether oxygens (including phenoxy) is 1. The van der Waals surface area contributed by atoms with Gasteiger partial charge in [0, 0.05) is 12.6 Å². The van der Waals surface area contributed by atoms with E-state index < -0.39 is 5.97 Å². The Kier molecular flexibility index (Phi) is 4.36. The van der Waals surface area contributed by atoms with Gasteiger partial charge in [0.1, 0.15) is 0 Å². The molecule has 0 amide bonds. The number of carboxylic acids is 1. The van der Waals surface area contributed by atoms with Crippen molar-refractivity contribution < 1.29 is 14.6 Å². The fourth-order valence-electron chi connectivity index (χ4n) is 2.22. The van der Waals surface area contributed by atoms with E-state index in [1.54, 1.807) is 0 Å². The molecule has 0 radical (unpaired) electrons. The summed E-state index contributed by atoms with van der Waals surface area (Å²) < 4.78 is 4.95. The largest absolute Gasteiger partial charge is 0.481 e. The van der Waals surface area contributed by atoms with Crippen LogP contribution in [0, 0.1) is 0 Å². The number of aliphatic carboxylic acids is 1. The van der Waals surface area contributed by atoms with E-state index in [1.165, 1.54) is 7.11 Å². The summed E-state index contributed by atoms with van der Waals surface area (Å²) >= 11 is 5.82. The van der Waals surface area contributed by atoms with Gasteiger partial charge in [-0.05, 0) is 30.9 Å². The maximum atomic E-state index is 10.9. The number of hydrogen-bond donors (Lipinski definition) is 1. The van der Waals surface area contributed by atoms with Gasteiger partial charge >= 0.3 is 12.0 Å². The van der Waals surface area contributed by atoms with Crippen molar-refractivity contribution in [2.45, 2.75) is 31.7 Å². The number of hydrogen-bond acceptors (Lipinski definition) is 6. The number of aromatic nitrogens is 3. The molecule has 1 aromatic heterocycles. The Morgan fingerprint density at radius 2 is 2.26 bits per heavy atom. The molecule has 0 aromatic carbocycles. The van der Waals surface area contributed by atoms with Crippen LogP contribution in [0.4, 0.5) is 5.95 Å². The Bertz CT molecular complexity index is 471. The van der Waals surface area contributed by atoms with Gasteiger partial charge in [0.15, 0.2) is 0 Å². The first-order valence-electron chi connectivity index (χ1n) is 6.04. The molecule has 19 heavy (non-hydrogen) atoms. The minimum Gasteiger partial charge on any atom is -0.481 e. The van der Waals surface area contributed by atoms with E-state index in [0.717, 1.165) is 19.3 Å². The van der Waals surface area contributed by atoms with Crippen LogP contribution in [0.1, 0.15) is 25.7 Å². The summed E-state index contributed by atoms with van der Waals surface area (Å²) in [5, 5.41) is 9.00. The van der Waals surface area contributed by atoms with Crippen LogP contribution < -0.4 is 9.64 Å². The minimum absolute atomic E-state index is 0.0431. The van der Waals surface area contributed by atoms with E-state index in [0.29, 0.717) is 12.5 Å². The van der Waals surface area contributed by atoms with Gasteiger partial charge in [-0.25, -0.2) is 0 Å². The summed E-state index contributed by atoms with van der Waals surface area (Å²) in [5.41, 5.74) is 0. The summed E-state index contributed by atoms with van der Waals surface area (Å²) in [7, 11) is 1.44. The number of carboxylic acid groups (broad SMARTS) is 1. The van der Waals surface area contributed by atoms with Crippen LogP contribution in [0.15, 0.2) is 0 Å². The molecule has 8 heteroatoms. The Morgan fingerprint density at radius 1 is 1.47 bits per heavy atom. The average molecular weight is 287 g/mol. The van der Waals surface area contributed by atoms with Gasteiger partial charge in [0.25, 0.3) is 0 Å². The Balaban J connectivity index is 2.26. The van der Waals surface area contributed by atoms with E-state index in [9.17, 15) is 4.79 Å². The van der Waals surface area contributed by atoms with Gasteiger partial charge < -0.3 is 14.7 Å². The predicted octanol–water partition coefficient (Wildman–Crippen LogP) is 1.37. The quantitative estimate of drug-likeness (QED) is 0.894. The second-order valence-electron chi connectivity index (χ2n) is 4.33. The van der Waals surface area contributed by atoms with E-state index in [-0.39, 0.29) is 23.8 Å². The lowest BCUT2D eigenvalue weighted by Gasteiger charge is -2.34. The van der Waals surface area contributed by atoms with Crippen LogP contribution in [-0.4, -0.2) is 45.7 Å². The summed E-state index contributed by atoms with van der Waals surface area (Å²) in [6.07, 6.45) is 2.84. The van der Waals surface area contributed by atoms with Crippen molar-refractivity contribution in [3.63, 3.8) is 0 Å². The van der Waals surface area contributed by atoms with Gasteiger partial charge in [-0.15, -0.1) is 0 Å². The number of nitrogens with zero attached hydrogens (tertiary/aromatic N) is 4. The molecule has 0 saturated carbocycles. The molecule has 1 fully saturated rings. The van der Waals surface area contributed by atoms with Crippen molar-refractivity contribution in [1.82, 2.24) is 15.0 Å². The van der Waals surface area contributed by atoms with Crippen molar-refractivity contribution in [2.24, 2.45) is 0 Å². The number of rotatable bonds is 4. The number of piperidine rings is 1. The van der Waals surface area contributed by atoms with Crippen LogP contribution >= 0.6 is 11.6 Å². The molecule has 0 aliphatic carbocycles. The lowest BCUT2D eigenvalue weighted by molar-refractivity contribution is -0.137. The number of anilines is 1. The van der Waals surface area contributed by atoms with Crippen LogP contribution in [0.25, 0.3) is 0 Å². The topological polar surface area (TPSA) is 88.4 Å². The summed E-state index contributed by atoms with van der Waals surface area (Å²) in [5.74, 6) is -0.452. The molecule has 1 atom stereocenters. The van der Waals surface area contributed by atoms with E-state index >= 15 is 0 Å². The zero-order chi connectivity index (χ0) is 13.8. The number of halogens is 1. The maximum absolute atomic E-state index is 10.9. The lowest BCUT2D eigenvalue weighted by atomic mass is 10.00. The van der Waals surface area contributed by atoms with Crippen molar-refractivity contribution >= 4 is 23.5 Å². The molecule has 1 saturated heterocycles. The Hall–Kier alpha value is -1.63. The molecule has 1 aliphatic rings. The molecule has 1 aromatic rings. The second-order valence-corrected chi connectivity index (χ2v) is 4.67. The molecular formula is C11H15ClN4O3. The summed E-state index contributed by atoms with van der Waals surface area (Å²) in [4.78, 5) is 24.8. The first-order chi connectivity index (χ1) is 9.10.